The molecule has 3 rings (SSSR count). The van der Waals surface area contributed by atoms with Crippen LogP contribution in [0.1, 0.15) is 25.7 Å². The van der Waals surface area contributed by atoms with Gasteiger partial charge in [-0.3, -0.25) is 0 Å². The summed E-state index contributed by atoms with van der Waals surface area (Å²) in [6.07, 6.45) is 11.1. The molecule has 0 aromatic carbocycles. The Hall–Kier alpha value is -0.260. The first-order valence-corrected chi connectivity index (χ1v) is 4.63. The maximum absolute atomic E-state index is 2.48. The molecule has 2 bridgehead atoms. The highest BCUT2D eigenvalue weighted by Crippen LogP contribution is 2.55. The van der Waals surface area contributed by atoms with Gasteiger partial charge in [0.2, 0.25) is 0 Å². The molecular formula is C10H14. The first-order chi connectivity index (χ1) is 4.95. The Morgan fingerprint density at radius 2 is 1.50 bits per heavy atom. The van der Waals surface area contributed by atoms with Gasteiger partial charge in [-0.05, 0) is 42.9 Å². The van der Waals surface area contributed by atoms with Crippen molar-refractivity contribution in [2.45, 2.75) is 25.7 Å². The van der Waals surface area contributed by atoms with E-state index in [0.717, 1.165) is 23.7 Å². The van der Waals surface area contributed by atoms with Gasteiger partial charge in [0.1, 0.15) is 0 Å². The topological polar surface area (TPSA) is 0 Å². The SMILES string of the molecule is C1=C[C@H]2C[C@@H]1[C@@H]1CCC[C@@H]12. The average molecular weight is 134 g/mol. The van der Waals surface area contributed by atoms with Crippen LogP contribution in [0.5, 0.6) is 0 Å². The number of rotatable bonds is 0. The molecule has 0 spiro atoms. The summed E-state index contributed by atoms with van der Waals surface area (Å²) >= 11 is 0. The molecule has 0 nitrogen and oxygen atoms in total. The zero-order valence-corrected chi connectivity index (χ0v) is 6.29. The summed E-state index contributed by atoms with van der Waals surface area (Å²) in [5.74, 6) is 4.26. The molecule has 0 aromatic rings. The summed E-state index contributed by atoms with van der Waals surface area (Å²) in [4.78, 5) is 0. The molecule has 2 saturated carbocycles. The van der Waals surface area contributed by atoms with Crippen LogP contribution < -0.4 is 0 Å². The zero-order valence-electron chi connectivity index (χ0n) is 6.29. The number of allylic oxidation sites excluding steroid dienone is 2. The third kappa shape index (κ3) is 0.492. The largest absolute Gasteiger partial charge is 0.0848 e. The summed E-state index contributed by atoms with van der Waals surface area (Å²) in [6.45, 7) is 0. The predicted molar refractivity (Wildman–Crippen MR) is 41.6 cm³/mol. The van der Waals surface area contributed by atoms with E-state index in [1.54, 1.807) is 0 Å². The van der Waals surface area contributed by atoms with Gasteiger partial charge in [0.05, 0.1) is 0 Å². The molecule has 0 unspecified atom stereocenters. The van der Waals surface area contributed by atoms with Crippen LogP contribution in [0.2, 0.25) is 0 Å². The second-order valence-corrected chi connectivity index (χ2v) is 4.21. The molecule has 4 atom stereocenters. The maximum Gasteiger partial charge on any atom is -0.0196 e. The molecule has 0 saturated heterocycles. The normalized spacial score (nSPS) is 56.0. The van der Waals surface area contributed by atoms with Crippen molar-refractivity contribution in [3.05, 3.63) is 12.2 Å². The van der Waals surface area contributed by atoms with Crippen molar-refractivity contribution in [1.29, 1.82) is 0 Å². The van der Waals surface area contributed by atoms with Gasteiger partial charge in [-0.2, -0.15) is 0 Å². The predicted octanol–water partition coefficient (Wildman–Crippen LogP) is 2.61. The van der Waals surface area contributed by atoms with Gasteiger partial charge in [-0.15, -0.1) is 0 Å². The fourth-order valence-electron chi connectivity index (χ4n) is 3.47. The van der Waals surface area contributed by atoms with Gasteiger partial charge in [0.15, 0.2) is 0 Å². The molecule has 0 aromatic heterocycles. The lowest BCUT2D eigenvalue weighted by Crippen LogP contribution is -2.12. The lowest BCUT2D eigenvalue weighted by atomic mass is 9.86. The van der Waals surface area contributed by atoms with Gasteiger partial charge in [-0.1, -0.05) is 18.6 Å². The standard InChI is InChI=1S/C10H14/c1-2-9-7-4-5-8(6-7)10(9)3-1/h4-5,7-10H,1-3,6H2/t7-,8+,9+,10-. The van der Waals surface area contributed by atoms with Crippen LogP contribution in [-0.2, 0) is 0 Å². The van der Waals surface area contributed by atoms with E-state index in [0.29, 0.717) is 0 Å². The Bertz CT molecular complexity index is 162. The van der Waals surface area contributed by atoms with E-state index in [9.17, 15) is 0 Å². The highest BCUT2D eigenvalue weighted by atomic mass is 14.5. The summed E-state index contributed by atoms with van der Waals surface area (Å²) in [5, 5.41) is 0. The molecular weight excluding hydrogens is 120 g/mol. The van der Waals surface area contributed by atoms with Crippen LogP contribution in [-0.4, -0.2) is 0 Å². The highest BCUT2D eigenvalue weighted by molar-refractivity contribution is 5.14. The highest BCUT2D eigenvalue weighted by Gasteiger charge is 2.46. The van der Waals surface area contributed by atoms with Crippen molar-refractivity contribution in [3.8, 4) is 0 Å². The fraction of sp³-hybridized carbons (Fsp3) is 0.800. The third-order valence-electron chi connectivity index (χ3n) is 3.87. The van der Waals surface area contributed by atoms with Crippen LogP contribution >= 0.6 is 0 Å². The Balaban J connectivity index is 1.99. The lowest BCUT2D eigenvalue weighted by Gasteiger charge is -2.19. The van der Waals surface area contributed by atoms with Crippen LogP contribution in [0.25, 0.3) is 0 Å². The van der Waals surface area contributed by atoms with Gasteiger partial charge < -0.3 is 0 Å². The molecule has 0 heteroatoms. The molecule has 10 heavy (non-hydrogen) atoms. The van der Waals surface area contributed by atoms with E-state index in [2.05, 4.69) is 12.2 Å². The zero-order chi connectivity index (χ0) is 6.55. The van der Waals surface area contributed by atoms with Crippen molar-refractivity contribution >= 4 is 0 Å². The maximum atomic E-state index is 2.48. The van der Waals surface area contributed by atoms with Crippen LogP contribution in [0.4, 0.5) is 0 Å². The lowest BCUT2D eigenvalue weighted by molar-refractivity contribution is 0.364. The smallest absolute Gasteiger partial charge is 0.0196 e. The molecule has 0 heterocycles. The van der Waals surface area contributed by atoms with Gasteiger partial charge >= 0.3 is 0 Å². The second kappa shape index (κ2) is 1.66. The Labute approximate surface area is 62.3 Å². The van der Waals surface area contributed by atoms with Crippen molar-refractivity contribution in [1.82, 2.24) is 0 Å². The Morgan fingerprint density at radius 3 is 2.10 bits per heavy atom. The average Bonchev–Trinajstić information content (AvgIpc) is 2.60. The molecule has 3 aliphatic carbocycles. The van der Waals surface area contributed by atoms with E-state index >= 15 is 0 Å². The van der Waals surface area contributed by atoms with Crippen molar-refractivity contribution in [2.24, 2.45) is 23.7 Å². The van der Waals surface area contributed by atoms with Crippen molar-refractivity contribution in [3.63, 3.8) is 0 Å². The van der Waals surface area contributed by atoms with Crippen LogP contribution in [0.3, 0.4) is 0 Å². The first-order valence-electron chi connectivity index (χ1n) is 4.63. The van der Waals surface area contributed by atoms with Gasteiger partial charge in [0.25, 0.3) is 0 Å². The second-order valence-electron chi connectivity index (χ2n) is 4.21. The fourth-order valence-corrected chi connectivity index (χ4v) is 3.47. The van der Waals surface area contributed by atoms with Gasteiger partial charge in [-0.25, -0.2) is 0 Å². The van der Waals surface area contributed by atoms with E-state index in [-0.39, 0.29) is 0 Å². The minimum Gasteiger partial charge on any atom is -0.0848 e. The Kier molecular flexibility index (Phi) is 0.898. The summed E-state index contributed by atoms with van der Waals surface area (Å²) in [6, 6.07) is 0. The minimum atomic E-state index is 1.01. The molecule has 2 fully saturated rings. The molecule has 54 valence electrons. The molecule has 3 aliphatic rings. The summed E-state index contributed by atoms with van der Waals surface area (Å²) < 4.78 is 0. The van der Waals surface area contributed by atoms with E-state index < -0.39 is 0 Å². The number of hydrogen-bond donors (Lipinski definition) is 0. The third-order valence-corrected chi connectivity index (χ3v) is 3.87. The van der Waals surface area contributed by atoms with E-state index in [1.165, 1.54) is 25.7 Å². The summed E-state index contributed by atoms with van der Waals surface area (Å²) in [7, 11) is 0. The monoisotopic (exact) mass is 134 g/mol. The first kappa shape index (κ1) is 5.40. The molecule has 0 amide bonds. The van der Waals surface area contributed by atoms with E-state index in [4.69, 9.17) is 0 Å². The summed E-state index contributed by atoms with van der Waals surface area (Å²) in [5.41, 5.74) is 0. The Morgan fingerprint density at radius 1 is 0.900 bits per heavy atom. The number of hydrogen-bond acceptors (Lipinski definition) is 0. The van der Waals surface area contributed by atoms with Crippen LogP contribution in [0.15, 0.2) is 12.2 Å². The molecule has 0 N–H and O–H groups in total. The molecule has 0 radical (unpaired) electrons. The van der Waals surface area contributed by atoms with E-state index in [1.807, 2.05) is 0 Å². The quantitative estimate of drug-likeness (QED) is 0.447. The number of fused-ring (bicyclic) bond motifs is 5. The molecule has 0 aliphatic heterocycles. The minimum absolute atomic E-state index is 1.01. The van der Waals surface area contributed by atoms with Crippen molar-refractivity contribution < 1.29 is 0 Å². The van der Waals surface area contributed by atoms with Crippen LogP contribution in [0, 0.1) is 23.7 Å². The van der Waals surface area contributed by atoms with Gasteiger partial charge in [0, 0.05) is 0 Å². The van der Waals surface area contributed by atoms with Crippen molar-refractivity contribution in [2.75, 3.05) is 0 Å².